The van der Waals surface area contributed by atoms with Crippen LogP contribution in [0.1, 0.15) is 17.7 Å². The number of anilines is 1. The van der Waals surface area contributed by atoms with Crippen LogP contribution in [0.5, 0.6) is 0 Å². The van der Waals surface area contributed by atoms with Crippen LogP contribution >= 0.6 is 0 Å². The van der Waals surface area contributed by atoms with Crippen molar-refractivity contribution in [1.82, 2.24) is 9.97 Å². The van der Waals surface area contributed by atoms with Crippen LogP contribution in [0, 0.1) is 0 Å². The van der Waals surface area contributed by atoms with E-state index in [1.807, 2.05) is 0 Å². The number of hydrogen-bond donors (Lipinski definition) is 1. The molecule has 0 aliphatic heterocycles. The van der Waals surface area contributed by atoms with Crippen molar-refractivity contribution in [3.05, 3.63) is 17.6 Å². The first kappa shape index (κ1) is 10.2. The number of fused-ring (bicyclic) bond motifs is 1. The maximum Gasteiger partial charge on any atom is 0.405 e. The van der Waals surface area contributed by atoms with Crippen molar-refractivity contribution in [2.75, 3.05) is 11.9 Å². The Morgan fingerprint density at radius 2 is 2.07 bits per heavy atom. The lowest BCUT2D eigenvalue weighted by Crippen LogP contribution is -2.22. The van der Waals surface area contributed by atoms with E-state index < -0.39 is 12.7 Å². The zero-order valence-electron chi connectivity index (χ0n) is 7.93. The Morgan fingerprint density at radius 1 is 1.27 bits per heavy atom. The summed E-state index contributed by atoms with van der Waals surface area (Å²) in [5, 5.41) is 2.31. The lowest BCUT2D eigenvalue weighted by atomic mass is 10.2. The summed E-state index contributed by atoms with van der Waals surface area (Å²) in [5.74, 6) is 0.329. The summed E-state index contributed by atoms with van der Waals surface area (Å²) in [6, 6.07) is 0. The van der Waals surface area contributed by atoms with Gasteiger partial charge in [-0.25, -0.2) is 9.97 Å². The van der Waals surface area contributed by atoms with Crippen LogP contribution in [0.15, 0.2) is 6.33 Å². The molecule has 0 spiro atoms. The molecule has 0 radical (unpaired) electrons. The minimum atomic E-state index is -4.21. The molecule has 6 heteroatoms. The Morgan fingerprint density at radius 3 is 2.80 bits per heavy atom. The summed E-state index contributed by atoms with van der Waals surface area (Å²) in [6.07, 6.45) is -0.372. The Labute approximate surface area is 84.7 Å². The SMILES string of the molecule is FC(F)(F)CNc1ncnc2c1CCC2. The molecule has 1 N–H and O–H groups in total. The third-order valence-corrected chi connectivity index (χ3v) is 2.33. The minimum absolute atomic E-state index is 0.329. The van der Waals surface area contributed by atoms with Gasteiger partial charge in [-0.05, 0) is 19.3 Å². The molecule has 0 amide bonds. The van der Waals surface area contributed by atoms with Gasteiger partial charge < -0.3 is 5.32 Å². The highest BCUT2D eigenvalue weighted by Crippen LogP contribution is 2.26. The summed E-state index contributed by atoms with van der Waals surface area (Å²) in [5.41, 5.74) is 1.71. The van der Waals surface area contributed by atoms with Crippen molar-refractivity contribution in [1.29, 1.82) is 0 Å². The topological polar surface area (TPSA) is 37.8 Å². The molecule has 0 atom stereocenters. The Hall–Kier alpha value is -1.33. The average molecular weight is 217 g/mol. The molecule has 1 aliphatic carbocycles. The fourth-order valence-corrected chi connectivity index (χ4v) is 1.70. The molecule has 1 aliphatic rings. The zero-order chi connectivity index (χ0) is 10.9. The van der Waals surface area contributed by atoms with Crippen molar-refractivity contribution >= 4 is 5.82 Å². The number of hydrogen-bond acceptors (Lipinski definition) is 3. The molecule has 15 heavy (non-hydrogen) atoms. The molecule has 2 rings (SSSR count). The number of aryl methyl sites for hydroxylation is 1. The fraction of sp³-hybridized carbons (Fsp3) is 0.556. The van der Waals surface area contributed by atoms with Crippen molar-refractivity contribution in [2.24, 2.45) is 0 Å². The van der Waals surface area contributed by atoms with E-state index in [9.17, 15) is 13.2 Å². The van der Waals surface area contributed by atoms with Crippen LogP contribution in [-0.4, -0.2) is 22.7 Å². The van der Waals surface area contributed by atoms with Gasteiger partial charge in [0.2, 0.25) is 0 Å². The molecule has 82 valence electrons. The summed E-state index contributed by atoms with van der Waals surface area (Å²) >= 11 is 0. The number of rotatable bonds is 2. The lowest BCUT2D eigenvalue weighted by molar-refractivity contribution is -0.115. The zero-order valence-corrected chi connectivity index (χ0v) is 7.93. The smallest absolute Gasteiger partial charge is 0.361 e. The highest BCUT2D eigenvalue weighted by molar-refractivity contribution is 5.47. The van der Waals surface area contributed by atoms with Gasteiger partial charge in [0.15, 0.2) is 0 Å². The predicted octanol–water partition coefficient (Wildman–Crippen LogP) is 1.94. The lowest BCUT2D eigenvalue weighted by Gasteiger charge is -2.11. The molecule has 0 saturated heterocycles. The largest absolute Gasteiger partial charge is 0.405 e. The summed E-state index contributed by atoms with van der Waals surface area (Å²) in [4.78, 5) is 7.86. The maximum absolute atomic E-state index is 12.0. The Balaban J connectivity index is 2.12. The second-order valence-electron chi connectivity index (χ2n) is 3.47. The maximum atomic E-state index is 12.0. The van der Waals surface area contributed by atoms with E-state index in [0.29, 0.717) is 5.82 Å². The summed E-state index contributed by atoms with van der Waals surface area (Å²) in [6.45, 7) is -1.05. The van der Waals surface area contributed by atoms with Crippen LogP contribution < -0.4 is 5.32 Å². The van der Waals surface area contributed by atoms with Gasteiger partial charge in [0.05, 0.1) is 0 Å². The fourth-order valence-electron chi connectivity index (χ4n) is 1.70. The van der Waals surface area contributed by atoms with E-state index in [2.05, 4.69) is 15.3 Å². The van der Waals surface area contributed by atoms with Gasteiger partial charge >= 0.3 is 6.18 Å². The molecule has 0 saturated carbocycles. The number of nitrogens with zero attached hydrogens (tertiary/aromatic N) is 2. The molecule has 3 nitrogen and oxygen atoms in total. The molecular formula is C9H10F3N3. The standard InChI is InChI=1S/C9H10F3N3/c10-9(11,12)4-13-8-6-2-1-3-7(6)14-5-15-8/h5H,1-4H2,(H,13,14,15). The van der Waals surface area contributed by atoms with Crippen LogP contribution in [0.3, 0.4) is 0 Å². The second-order valence-corrected chi connectivity index (χ2v) is 3.47. The highest BCUT2D eigenvalue weighted by atomic mass is 19.4. The third kappa shape index (κ3) is 2.37. The van der Waals surface area contributed by atoms with Gasteiger partial charge in [0.25, 0.3) is 0 Å². The molecule has 0 aromatic carbocycles. The third-order valence-electron chi connectivity index (χ3n) is 2.33. The average Bonchev–Trinajstić information content (AvgIpc) is 2.61. The summed E-state index contributed by atoms with van der Waals surface area (Å²) < 4.78 is 36.0. The van der Waals surface area contributed by atoms with Gasteiger partial charge in [-0.3, -0.25) is 0 Å². The van der Waals surface area contributed by atoms with Crippen molar-refractivity contribution in [3.8, 4) is 0 Å². The van der Waals surface area contributed by atoms with E-state index in [-0.39, 0.29) is 0 Å². The van der Waals surface area contributed by atoms with Crippen LogP contribution in [0.25, 0.3) is 0 Å². The van der Waals surface area contributed by atoms with Crippen LogP contribution in [-0.2, 0) is 12.8 Å². The molecule has 1 aromatic rings. The van der Waals surface area contributed by atoms with Gasteiger partial charge in [-0.15, -0.1) is 0 Å². The van der Waals surface area contributed by atoms with E-state index >= 15 is 0 Å². The molecular weight excluding hydrogens is 207 g/mol. The van der Waals surface area contributed by atoms with Crippen molar-refractivity contribution < 1.29 is 13.2 Å². The van der Waals surface area contributed by atoms with Gasteiger partial charge in [-0.2, -0.15) is 13.2 Å². The Bertz CT molecular complexity index is 362. The van der Waals surface area contributed by atoms with E-state index in [4.69, 9.17) is 0 Å². The van der Waals surface area contributed by atoms with E-state index in [1.54, 1.807) is 0 Å². The van der Waals surface area contributed by atoms with Gasteiger partial charge in [0, 0.05) is 11.3 Å². The van der Waals surface area contributed by atoms with E-state index in [0.717, 1.165) is 30.5 Å². The number of alkyl halides is 3. The first-order chi connectivity index (χ1) is 7.06. The molecule has 1 aromatic heterocycles. The highest BCUT2D eigenvalue weighted by Gasteiger charge is 2.28. The first-order valence-electron chi connectivity index (χ1n) is 4.69. The Kier molecular flexibility index (Phi) is 2.50. The molecule has 0 fully saturated rings. The van der Waals surface area contributed by atoms with Crippen LogP contribution in [0.2, 0.25) is 0 Å². The monoisotopic (exact) mass is 217 g/mol. The quantitative estimate of drug-likeness (QED) is 0.822. The summed E-state index contributed by atoms with van der Waals surface area (Å²) in [7, 11) is 0. The predicted molar refractivity (Wildman–Crippen MR) is 48.6 cm³/mol. The normalized spacial score (nSPS) is 15.1. The number of nitrogens with one attached hydrogen (secondary N) is 1. The number of aromatic nitrogens is 2. The van der Waals surface area contributed by atoms with Crippen molar-refractivity contribution in [2.45, 2.75) is 25.4 Å². The minimum Gasteiger partial charge on any atom is -0.361 e. The molecule has 0 bridgehead atoms. The molecule has 1 heterocycles. The van der Waals surface area contributed by atoms with E-state index in [1.165, 1.54) is 6.33 Å². The van der Waals surface area contributed by atoms with Crippen molar-refractivity contribution in [3.63, 3.8) is 0 Å². The van der Waals surface area contributed by atoms with Gasteiger partial charge in [-0.1, -0.05) is 0 Å². The number of halogens is 3. The first-order valence-corrected chi connectivity index (χ1v) is 4.69. The van der Waals surface area contributed by atoms with Gasteiger partial charge in [0.1, 0.15) is 18.7 Å². The second kappa shape index (κ2) is 3.67. The molecule has 0 unspecified atom stereocenters. The van der Waals surface area contributed by atoms with Crippen LogP contribution in [0.4, 0.5) is 19.0 Å².